The second-order valence-corrected chi connectivity index (χ2v) is 8.40. The zero-order chi connectivity index (χ0) is 19.3. The van der Waals surface area contributed by atoms with E-state index < -0.39 is 10.0 Å². The Labute approximate surface area is 164 Å². The van der Waals surface area contributed by atoms with Crippen LogP contribution in [0.3, 0.4) is 0 Å². The maximum Gasteiger partial charge on any atom is 0.235 e. The minimum absolute atomic E-state index is 0.00284. The zero-order valence-electron chi connectivity index (χ0n) is 14.7. The Morgan fingerprint density at radius 1 is 0.963 bits per heavy atom. The van der Waals surface area contributed by atoms with E-state index in [1.54, 1.807) is 73.8 Å². The van der Waals surface area contributed by atoms with E-state index in [0.717, 1.165) is 0 Å². The summed E-state index contributed by atoms with van der Waals surface area (Å²) in [5.41, 5.74) is 1.24. The number of nitrogens with zero attached hydrogens (tertiary/aromatic N) is 2. The van der Waals surface area contributed by atoms with Gasteiger partial charge in [0.1, 0.15) is 11.5 Å². The van der Waals surface area contributed by atoms with Crippen LogP contribution in [0, 0.1) is 0 Å². The third-order valence-corrected chi connectivity index (χ3v) is 5.90. The van der Waals surface area contributed by atoms with Gasteiger partial charge in [0.2, 0.25) is 10.0 Å². The number of halogens is 1. The molecule has 0 saturated carbocycles. The summed E-state index contributed by atoms with van der Waals surface area (Å²) in [5, 5.41) is 0.632. The molecule has 0 amide bonds. The van der Waals surface area contributed by atoms with Crippen LogP contribution in [0.1, 0.15) is 12.6 Å². The number of hydrogen-bond acceptors (Lipinski definition) is 4. The van der Waals surface area contributed by atoms with E-state index in [2.05, 4.69) is 4.98 Å². The molecule has 0 aliphatic heterocycles. The Morgan fingerprint density at radius 2 is 1.59 bits per heavy atom. The molecule has 140 valence electrons. The highest BCUT2D eigenvalue weighted by molar-refractivity contribution is 7.92. The molecule has 3 aromatic rings. The van der Waals surface area contributed by atoms with Gasteiger partial charge >= 0.3 is 0 Å². The lowest BCUT2D eigenvalue weighted by atomic mass is 10.3. The van der Waals surface area contributed by atoms with E-state index >= 15 is 0 Å². The highest BCUT2D eigenvalue weighted by Crippen LogP contribution is 2.27. The van der Waals surface area contributed by atoms with Crippen molar-refractivity contribution in [1.82, 2.24) is 4.98 Å². The van der Waals surface area contributed by atoms with Gasteiger partial charge in [-0.05, 0) is 67.6 Å². The van der Waals surface area contributed by atoms with Crippen molar-refractivity contribution in [2.45, 2.75) is 13.5 Å². The molecule has 0 aliphatic carbocycles. The first-order valence-corrected chi connectivity index (χ1v) is 10.4. The average Bonchev–Trinajstić information content (AvgIpc) is 2.69. The van der Waals surface area contributed by atoms with Crippen LogP contribution >= 0.6 is 11.6 Å². The number of benzene rings is 2. The Balaban J connectivity index is 1.83. The molecule has 2 aromatic carbocycles. The topological polar surface area (TPSA) is 59.5 Å². The molecule has 5 nitrogen and oxygen atoms in total. The highest BCUT2D eigenvalue weighted by atomic mass is 35.5. The Bertz CT molecular complexity index is 976. The summed E-state index contributed by atoms with van der Waals surface area (Å²) in [5.74, 6) is 1.26. The van der Waals surface area contributed by atoms with Crippen molar-refractivity contribution < 1.29 is 13.2 Å². The molecular weight excluding hydrogens is 384 g/mol. The molecule has 0 bridgehead atoms. The van der Waals surface area contributed by atoms with Crippen LogP contribution in [-0.4, -0.2) is 19.2 Å². The van der Waals surface area contributed by atoms with Crippen LogP contribution in [0.2, 0.25) is 5.02 Å². The van der Waals surface area contributed by atoms with E-state index in [1.807, 2.05) is 6.07 Å². The monoisotopic (exact) mass is 402 g/mol. The van der Waals surface area contributed by atoms with Crippen LogP contribution in [0.4, 0.5) is 5.69 Å². The lowest BCUT2D eigenvalue weighted by molar-refractivity contribution is 0.482. The number of rotatable bonds is 7. The lowest BCUT2D eigenvalue weighted by Gasteiger charge is -2.23. The van der Waals surface area contributed by atoms with E-state index in [4.69, 9.17) is 16.3 Å². The molecule has 0 aliphatic rings. The predicted octanol–water partition coefficient (Wildman–Crippen LogP) is 4.88. The molecule has 0 saturated heterocycles. The van der Waals surface area contributed by atoms with Gasteiger partial charge < -0.3 is 4.74 Å². The van der Waals surface area contributed by atoms with Gasteiger partial charge in [0.05, 0.1) is 23.7 Å². The van der Waals surface area contributed by atoms with Gasteiger partial charge in [-0.25, -0.2) is 8.42 Å². The standard InChI is InChI=1S/C20H19ClN2O3S/c1-2-27(24,25)23(15-17-5-3-4-14-22-17)18-8-12-20(13-9-18)26-19-10-6-16(21)7-11-19/h3-14H,2,15H2,1H3. The number of sulfonamides is 1. The number of anilines is 1. The molecule has 0 spiro atoms. The molecule has 27 heavy (non-hydrogen) atoms. The third kappa shape index (κ3) is 4.99. The summed E-state index contributed by atoms with van der Waals surface area (Å²) >= 11 is 5.87. The van der Waals surface area contributed by atoms with Gasteiger partial charge in [0.15, 0.2) is 0 Å². The molecule has 0 atom stereocenters. The van der Waals surface area contributed by atoms with Crippen LogP contribution < -0.4 is 9.04 Å². The van der Waals surface area contributed by atoms with Crippen molar-refractivity contribution in [3.63, 3.8) is 0 Å². The summed E-state index contributed by atoms with van der Waals surface area (Å²) in [7, 11) is -3.45. The van der Waals surface area contributed by atoms with Crippen LogP contribution in [0.5, 0.6) is 11.5 Å². The number of pyridine rings is 1. The molecule has 1 aromatic heterocycles. The van der Waals surface area contributed by atoms with Gasteiger partial charge in [0.25, 0.3) is 0 Å². The zero-order valence-corrected chi connectivity index (χ0v) is 16.3. The summed E-state index contributed by atoms with van der Waals surface area (Å²) in [6.45, 7) is 1.80. The fourth-order valence-corrected chi connectivity index (χ4v) is 3.67. The fourth-order valence-electron chi connectivity index (χ4n) is 2.46. The van der Waals surface area contributed by atoms with E-state index in [-0.39, 0.29) is 12.3 Å². The summed E-state index contributed by atoms with van der Waals surface area (Å²) in [6, 6.07) is 19.4. The smallest absolute Gasteiger partial charge is 0.235 e. The maximum absolute atomic E-state index is 12.6. The minimum atomic E-state index is -3.45. The molecule has 0 radical (unpaired) electrons. The minimum Gasteiger partial charge on any atom is -0.457 e. The van der Waals surface area contributed by atoms with Crippen LogP contribution in [-0.2, 0) is 16.6 Å². The van der Waals surface area contributed by atoms with Crippen molar-refractivity contribution in [2.24, 2.45) is 0 Å². The molecule has 0 unspecified atom stereocenters. The number of ether oxygens (including phenoxy) is 1. The van der Waals surface area contributed by atoms with Crippen molar-refractivity contribution >= 4 is 27.3 Å². The van der Waals surface area contributed by atoms with E-state index in [1.165, 1.54) is 4.31 Å². The first-order chi connectivity index (χ1) is 13.0. The fraction of sp³-hybridized carbons (Fsp3) is 0.150. The molecule has 0 fully saturated rings. The quantitative estimate of drug-likeness (QED) is 0.564. The van der Waals surface area contributed by atoms with Crippen LogP contribution in [0.25, 0.3) is 0 Å². The summed E-state index contributed by atoms with van der Waals surface area (Å²) < 4.78 is 32.3. The van der Waals surface area contributed by atoms with E-state index in [0.29, 0.717) is 27.9 Å². The van der Waals surface area contributed by atoms with Crippen molar-refractivity contribution in [3.05, 3.63) is 83.6 Å². The summed E-state index contributed by atoms with van der Waals surface area (Å²) in [4.78, 5) is 4.23. The van der Waals surface area contributed by atoms with Gasteiger partial charge in [-0.3, -0.25) is 9.29 Å². The highest BCUT2D eigenvalue weighted by Gasteiger charge is 2.21. The van der Waals surface area contributed by atoms with Gasteiger partial charge in [-0.1, -0.05) is 17.7 Å². The first-order valence-electron chi connectivity index (χ1n) is 8.42. The second-order valence-electron chi connectivity index (χ2n) is 5.78. The predicted molar refractivity (Wildman–Crippen MR) is 108 cm³/mol. The van der Waals surface area contributed by atoms with Crippen molar-refractivity contribution in [2.75, 3.05) is 10.1 Å². The van der Waals surface area contributed by atoms with E-state index in [9.17, 15) is 8.42 Å². The molecular formula is C20H19ClN2O3S. The second kappa shape index (κ2) is 8.41. The van der Waals surface area contributed by atoms with Gasteiger partial charge in [-0.2, -0.15) is 0 Å². The largest absolute Gasteiger partial charge is 0.457 e. The Hall–Kier alpha value is -2.57. The molecule has 0 N–H and O–H groups in total. The number of aromatic nitrogens is 1. The lowest BCUT2D eigenvalue weighted by Crippen LogP contribution is -2.32. The van der Waals surface area contributed by atoms with Gasteiger partial charge in [0, 0.05) is 11.2 Å². The van der Waals surface area contributed by atoms with Gasteiger partial charge in [-0.15, -0.1) is 0 Å². The maximum atomic E-state index is 12.6. The molecule has 1 heterocycles. The molecule has 3 rings (SSSR count). The Kier molecular flexibility index (Phi) is 5.98. The van der Waals surface area contributed by atoms with Crippen molar-refractivity contribution in [1.29, 1.82) is 0 Å². The Morgan fingerprint density at radius 3 is 2.15 bits per heavy atom. The average molecular weight is 403 g/mol. The van der Waals surface area contributed by atoms with Crippen molar-refractivity contribution in [3.8, 4) is 11.5 Å². The summed E-state index contributed by atoms with van der Waals surface area (Å²) in [6.07, 6.45) is 1.65. The third-order valence-electron chi connectivity index (χ3n) is 3.91. The SMILES string of the molecule is CCS(=O)(=O)N(Cc1ccccn1)c1ccc(Oc2ccc(Cl)cc2)cc1. The first kappa shape index (κ1) is 19.2. The van der Waals surface area contributed by atoms with Crippen LogP contribution in [0.15, 0.2) is 72.9 Å². The number of hydrogen-bond donors (Lipinski definition) is 0. The normalized spacial score (nSPS) is 11.2. The molecule has 7 heteroatoms.